The number of nitrogens with one attached hydrogen (secondary N) is 1. The van der Waals surface area contributed by atoms with Crippen LogP contribution in [0.5, 0.6) is 5.75 Å². The van der Waals surface area contributed by atoms with Gasteiger partial charge in [-0.05, 0) is 60.4 Å². The molecule has 2 aliphatic heterocycles. The zero-order chi connectivity index (χ0) is 24.2. The average Bonchev–Trinajstić information content (AvgIpc) is 3.42. The lowest BCUT2D eigenvalue weighted by Gasteiger charge is -2.36. The van der Waals surface area contributed by atoms with Gasteiger partial charge < -0.3 is 29.2 Å². The molecule has 1 saturated heterocycles. The molecule has 35 heavy (non-hydrogen) atoms. The Bertz CT molecular complexity index is 1170. The van der Waals surface area contributed by atoms with Crippen molar-refractivity contribution in [1.82, 2.24) is 10.2 Å². The summed E-state index contributed by atoms with van der Waals surface area (Å²) >= 11 is 0. The maximum atomic E-state index is 12.4. The predicted octanol–water partition coefficient (Wildman–Crippen LogP) is 4.54. The summed E-state index contributed by atoms with van der Waals surface area (Å²) in [5, 5.41) is 12.0. The molecule has 0 aliphatic carbocycles. The first-order valence-corrected chi connectivity index (χ1v) is 11.9. The van der Waals surface area contributed by atoms with E-state index in [0.717, 1.165) is 41.0 Å². The molecule has 2 N–H and O–H groups in total. The van der Waals surface area contributed by atoms with Crippen molar-refractivity contribution >= 4 is 12.0 Å². The zero-order valence-corrected chi connectivity index (χ0v) is 19.3. The summed E-state index contributed by atoms with van der Waals surface area (Å²) in [7, 11) is 0. The number of nitrogens with zero attached hydrogens (tertiary/aromatic N) is 1. The molecule has 0 spiro atoms. The van der Waals surface area contributed by atoms with Crippen LogP contribution in [0.2, 0.25) is 0 Å². The average molecular weight is 477 g/mol. The number of likely N-dealkylation sites (tertiary alicyclic amines) is 1. The van der Waals surface area contributed by atoms with Crippen molar-refractivity contribution in [3.63, 3.8) is 0 Å². The Labute approximate surface area is 203 Å². The van der Waals surface area contributed by atoms with Gasteiger partial charge in [0.05, 0.1) is 12.9 Å². The Balaban J connectivity index is 1.17. The highest BCUT2D eigenvalue weighted by Crippen LogP contribution is 2.35. The first-order valence-electron chi connectivity index (χ1n) is 11.9. The van der Waals surface area contributed by atoms with E-state index >= 15 is 0 Å². The lowest BCUT2D eigenvalue weighted by Crippen LogP contribution is -2.43. The molecule has 2 aromatic carbocycles. The molecule has 0 bridgehead atoms. The van der Waals surface area contributed by atoms with Crippen LogP contribution in [0, 0.1) is 5.92 Å². The number of benzene rings is 2. The molecule has 2 aliphatic rings. The van der Waals surface area contributed by atoms with Crippen LogP contribution < -0.4 is 10.1 Å². The van der Waals surface area contributed by atoms with Crippen LogP contribution in [0.4, 0.5) is 4.79 Å². The van der Waals surface area contributed by atoms with E-state index in [-0.39, 0.29) is 18.1 Å². The van der Waals surface area contributed by atoms with Crippen molar-refractivity contribution < 1.29 is 28.6 Å². The van der Waals surface area contributed by atoms with Gasteiger partial charge in [0.2, 0.25) is 6.29 Å². The summed E-state index contributed by atoms with van der Waals surface area (Å²) in [6.07, 6.45) is 2.51. The SMILES string of the molecule is O=C(NCCc1ccco1)c1ccc(-c2ccc3c(c2)COC(C2CCN(C(=O)O)CC2)O3)cc1. The Morgan fingerprint density at radius 3 is 2.51 bits per heavy atom. The first kappa shape index (κ1) is 23.0. The number of hydrogen-bond acceptors (Lipinski definition) is 5. The Morgan fingerprint density at radius 1 is 1.03 bits per heavy atom. The molecule has 5 rings (SSSR count). The Kier molecular flexibility index (Phi) is 6.72. The van der Waals surface area contributed by atoms with Crippen molar-refractivity contribution in [3.8, 4) is 16.9 Å². The van der Waals surface area contributed by atoms with Gasteiger partial charge in [-0.1, -0.05) is 18.2 Å². The van der Waals surface area contributed by atoms with Crippen molar-refractivity contribution in [2.24, 2.45) is 5.92 Å². The summed E-state index contributed by atoms with van der Waals surface area (Å²) < 4.78 is 17.4. The number of fused-ring (bicyclic) bond motifs is 1. The molecule has 2 amide bonds. The van der Waals surface area contributed by atoms with E-state index in [9.17, 15) is 9.59 Å². The summed E-state index contributed by atoms with van der Waals surface area (Å²) in [6.45, 7) is 1.97. The number of ether oxygens (including phenoxy) is 2. The number of amides is 2. The number of rotatable bonds is 6. The zero-order valence-electron chi connectivity index (χ0n) is 19.3. The second-order valence-electron chi connectivity index (χ2n) is 8.89. The normalized spacial score (nSPS) is 17.9. The number of carboxylic acid groups (broad SMARTS) is 1. The van der Waals surface area contributed by atoms with Crippen molar-refractivity contribution in [3.05, 3.63) is 77.7 Å². The minimum atomic E-state index is -0.870. The Hall–Kier alpha value is -3.78. The number of piperidine rings is 1. The highest BCUT2D eigenvalue weighted by atomic mass is 16.7. The van der Waals surface area contributed by atoms with Gasteiger partial charge in [-0.2, -0.15) is 0 Å². The summed E-state index contributed by atoms with van der Waals surface area (Å²) in [6, 6.07) is 17.3. The second-order valence-corrected chi connectivity index (χ2v) is 8.89. The number of carbonyl (C=O) groups is 2. The topological polar surface area (TPSA) is 101 Å². The number of carbonyl (C=O) groups excluding carboxylic acids is 1. The highest BCUT2D eigenvalue weighted by Gasteiger charge is 2.33. The molecule has 8 heteroatoms. The summed E-state index contributed by atoms with van der Waals surface area (Å²) in [4.78, 5) is 25.0. The summed E-state index contributed by atoms with van der Waals surface area (Å²) in [5.41, 5.74) is 3.60. The van der Waals surface area contributed by atoms with E-state index in [0.29, 0.717) is 38.2 Å². The number of hydrogen-bond donors (Lipinski definition) is 2. The van der Waals surface area contributed by atoms with Gasteiger partial charge in [0, 0.05) is 43.1 Å². The fourth-order valence-corrected chi connectivity index (χ4v) is 4.58. The van der Waals surface area contributed by atoms with Crippen molar-refractivity contribution in [2.45, 2.75) is 32.2 Å². The lowest BCUT2D eigenvalue weighted by atomic mass is 9.95. The highest BCUT2D eigenvalue weighted by molar-refractivity contribution is 5.94. The smallest absolute Gasteiger partial charge is 0.407 e. The second kappa shape index (κ2) is 10.2. The van der Waals surface area contributed by atoms with Crippen LogP contribution in [0.15, 0.2) is 65.3 Å². The fraction of sp³-hybridized carbons (Fsp3) is 0.333. The third-order valence-corrected chi connectivity index (χ3v) is 6.62. The maximum absolute atomic E-state index is 12.4. The largest absolute Gasteiger partial charge is 0.469 e. The lowest BCUT2D eigenvalue weighted by molar-refractivity contribution is -0.148. The molecular formula is C27H28N2O6. The molecule has 0 saturated carbocycles. The van der Waals surface area contributed by atoms with Gasteiger partial charge in [0.15, 0.2) is 0 Å². The van der Waals surface area contributed by atoms with Crippen LogP contribution in [0.1, 0.15) is 34.5 Å². The van der Waals surface area contributed by atoms with E-state index in [1.165, 1.54) is 4.90 Å². The van der Waals surface area contributed by atoms with Gasteiger partial charge in [-0.15, -0.1) is 0 Å². The molecule has 0 radical (unpaired) electrons. The van der Waals surface area contributed by atoms with E-state index in [2.05, 4.69) is 11.4 Å². The fourth-order valence-electron chi connectivity index (χ4n) is 4.58. The molecule has 8 nitrogen and oxygen atoms in total. The van der Waals surface area contributed by atoms with Gasteiger partial charge in [-0.3, -0.25) is 4.79 Å². The quantitative estimate of drug-likeness (QED) is 0.542. The molecule has 1 atom stereocenters. The molecule has 3 aromatic rings. The molecule has 3 heterocycles. The van der Waals surface area contributed by atoms with Crippen molar-refractivity contribution in [1.29, 1.82) is 0 Å². The molecule has 1 fully saturated rings. The summed E-state index contributed by atoms with van der Waals surface area (Å²) in [5.74, 6) is 1.71. The van der Waals surface area contributed by atoms with E-state index in [1.807, 2.05) is 48.5 Å². The number of furan rings is 1. The third-order valence-electron chi connectivity index (χ3n) is 6.62. The molecular weight excluding hydrogens is 448 g/mol. The third kappa shape index (κ3) is 5.33. The van der Waals surface area contributed by atoms with Crippen LogP contribution in [-0.4, -0.2) is 47.9 Å². The van der Waals surface area contributed by atoms with E-state index in [4.69, 9.17) is 19.0 Å². The predicted molar refractivity (Wildman–Crippen MR) is 128 cm³/mol. The van der Waals surface area contributed by atoms with Crippen LogP contribution >= 0.6 is 0 Å². The maximum Gasteiger partial charge on any atom is 0.407 e. The van der Waals surface area contributed by atoms with Crippen LogP contribution in [0.3, 0.4) is 0 Å². The van der Waals surface area contributed by atoms with E-state index < -0.39 is 6.09 Å². The van der Waals surface area contributed by atoms with E-state index in [1.54, 1.807) is 6.26 Å². The van der Waals surface area contributed by atoms with Gasteiger partial charge in [0.25, 0.3) is 5.91 Å². The van der Waals surface area contributed by atoms with Gasteiger partial charge in [-0.25, -0.2) is 4.79 Å². The Morgan fingerprint density at radius 2 is 1.80 bits per heavy atom. The minimum Gasteiger partial charge on any atom is -0.469 e. The standard InChI is InChI=1S/C27H28N2O6/c30-25(28-12-9-23-2-1-15-33-23)19-5-3-18(4-6-19)21-7-8-24-22(16-21)17-34-26(35-24)20-10-13-29(14-11-20)27(31)32/h1-8,15-16,20,26H,9-14,17H2,(H,28,30)(H,31,32). The monoisotopic (exact) mass is 476 g/mol. The molecule has 1 unspecified atom stereocenters. The minimum absolute atomic E-state index is 0.115. The van der Waals surface area contributed by atoms with Gasteiger partial charge in [0.1, 0.15) is 11.5 Å². The molecule has 182 valence electrons. The van der Waals surface area contributed by atoms with Crippen LogP contribution in [0.25, 0.3) is 11.1 Å². The van der Waals surface area contributed by atoms with Crippen LogP contribution in [-0.2, 0) is 17.8 Å². The van der Waals surface area contributed by atoms with Crippen molar-refractivity contribution in [2.75, 3.05) is 19.6 Å². The van der Waals surface area contributed by atoms with Gasteiger partial charge >= 0.3 is 6.09 Å². The molecule has 1 aromatic heterocycles. The first-order chi connectivity index (χ1) is 17.1.